The van der Waals surface area contributed by atoms with E-state index < -0.39 is 17.5 Å². The fourth-order valence-electron chi connectivity index (χ4n) is 5.69. The molecular weight excluding hydrogens is 482 g/mol. The first-order valence-corrected chi connectivity index (χ1v) is 13.2. The van der Waals surface area contributed by atoms with Gasteiger partial charge in [0.15, 0.2) is 28.8 Å². The Kier molecular flexibility index (Phi) is 7.15. The van der Waals surface area contributed by atoms with Crippen LogP contribution in [0.1, 0.15) is 62.2 Å². The van der Waals surface area contributed by atoms with Crippen LogP contribution in [0.2, 0.25) is 0 Å². The van der Waals surface area contributed by atoms with Crippen molar-refractivity contribution in [3.05, 3.63) is 35.2 Å². The first-order chi connectivity index (χ1) is 17.7. The molecule has 3 aliphatic carbocycles. The van der Waals surface area contributed by atoms with Crippen LogP contribution in [-0.2, 0) is 11.3 Å². The molecule has 0 atom stereocenters. The molecule has 1 aliphatic heterocycles. The van der Waals surface area contributed by atoms with Crippen molar-refractivity contribution in [2.75, 3.05) is 44.0 Å². The molecule has 1 N–H and O–H groups in total. The van der Waals surface area contributed by atoms with Crippen LogP contribution in [0.15, 0.2) is 16.5 Å². The van der Waals surface area contributed by atoms with E-state index in [1.807, 2.05) is 23.8 Å². The number of ether oxygens (including phenoxy) is 2. The van der Waals surface area contributed by atoms with Gasteiger partial charge in [-0.2, -0.15) is 4.98 Å². The number of nitrogens with one attached hydrogen (secondary N) is 1. The molecule has 1 aromatic heterocycles. The summed E-state index contributed by atoms with van der Waals surface area (Å²) in [5.74, 6) is -1.05. The fraction of sp³-hybridized carbons (Fsp3) is 0.630. The van der Waals surface area contributed by atoms with Crippen molar-refractivity contribution in [2.24, 2.45) is 11.8 Å². The van der Waals surface area contributed by atoms with Gasteiger partial charge in [0.1, 0.15) is 5.60 Å². The molecule has 1 saturated heterocycles. The van der Waals surface area contributed by atoms with Crippen LogP contribution in [-0.4, -0.2) is 61.3 Å². The molecule has 37 heavy (non-hydrogen) atoms. The molecule has 2 heterocycles. The zero-order valence-electron chi connectivity index (χ0n) is 22.0. The van der Waals surface area contributed by atoms with E-state index in [1.54, 1.807) is 7.11 Å². The summed E-state index contributed by atoms with van der Waals surface area (Å²) in [6.45, 7) is 6.36. The second-order valence-corrected chi connectivity index (χ2v) is 10.8. The summed E-state index contributed by atoms with van der Waals surface area (Å²) in [7, 11) is 3.59. The Labute approximate surface area is 216 Å². The lowest BCUT2D eigenvalue weighted by atomic mass is 9.64. The number of hydrogen-bond acceptors (Lipinski definition) is 7. The smallest absolute Gasteiger partial charge is 0.298 e. The average Bonchev–Trinajstić information content (AvgIpc) is 3.24. The Morgan fingerprint density at radius 2 is 1.84 bits per heavy atom. The van der Waals surface area contributed by atoms with Gasteiger partial charge >= 0.3 is 0 Å². The molecule has 202 valence electrons. The summed E-state index contributed by atoms with van der Waals surface area (Å²) in [4.78, 5) is 21.5. The van der Waals surface area contributed by atoms with E-state index in [2.05, 4.69) is 17.2 Å². The van der Waals surface area contributed by atoms with Gasteiger partial charge in [0.05, 0.1) is 25.7 Å². The van der Waals surface area contributed by atoms with Crippen molar-refractivity contribution < 1.29 is 27.5 Å². The lowest BCUT2D eigenvalue weighted by Gasteiger charge is -2.47. The number of carbonyl (C=O) groups excluding carboxylic acids is 1. The van der Waals surface area contributed by atoms with E-state index in [1.165, 1.54) is 12.8 Å². The van der Waals surface area contributed by atoms with Crippen molar-refractivity contribution in [2.45, 2.75) is 64.2 Å². The lowest BCUT2D eigenvalue weighted by molar-refractivity contribution is -0.0379. The standard InChI is InChI=1S/C27H36F2N4O4/c1-5-27(35-4)14-33(15-27)26-31-23(22(37-26)13-32(3)6-2)25(34)30-18-11-20(28)24(21(29)12-18)36-19-9-16-7-17(8-16)10-19/h11-12,16-17,19H,5-10,13-15H2,1-4H3,(H,30,34). The molecule has 0 spiro atoms. The highest BCUT2D eigenvalue weighted by Crippen LogP contribution is 2.47. The number of anilines is 2. The first kappa shape index (κ1) is 25.9. The van der Waals surface area contributed by atoms with Crippen LogP contribution in [0, 0.1) is 23.5 Å². The quantitative estimate of drug-likeness (QED) is 0.482. The van der Waals surface area contributed by atoms with Crippen LogP contribution in [0.3, 0.4) is 0 Å². The van der Waals surface area contributed by atoms with E-state index in [9.17, 15) is 13.6 Å². The minimum absolute atomic E-state index is 0.00785. The number of benzene rings is 1. The van der Waals surface area contributed by atoms with Gasteiger partial charge in [0.25, 0.3) is 11.9 Å². The molecule has 4 aliphatic rings. The van der Waals surface area contributed by atoms with Gasteiger partial charge in [-0.1, -0.05) is 13.8 Å². The largest absolute Gasteiger partial charge is 0.484 e. The number of methoxy groups -OCH3 is 1. The second kappa shape index (κ2) is 10.2. The van der Waals surface area contributed by atoms with Crippen molar-refractivity contribution in [3.63, 3.8) is 0 Å². The zero-order valence-corrected chi connectivity index (χ0v) is 22.0. The minimum Gasteiger partial charge on any atom is -0.484 e. The SMILES string of the molecule is CCN(C)Cc1oc(N2CC(CC)(OC)C2)nc1C(=O)Nc1cc(F)c(OC2CC3CC(C3)C2)c(F)c1. The molecule has 1 aromatic carbocycles. The molecule has 8 nitrogen and oxygen atoms in total. The molecule has 2 bridgehead atoms. The number of halogens is 2. The fourth-order valence-corrected chi connectivity index (χ4v) is 5.69. The number of nitrogens with zero attached hydrogens (tertiary/aromatic N) is 3. The second-order valence-electron chi connectivity index (χ2n) is 10.8. The number of aromatic nitrogens is 1. The molecule has 6 rings (SSSR count). The molecule has 3 saturated carbocycles. The summed E-state index contributed by atoms with van der Waals surface area (Å²) in [5.41, 5.74) is -0.176. The van der Waals surface area contributed by atoms with Gasteiger partial charge < -0.3 is 24.1 Å². The van der Waals surface area contributed by atoms with Crippen LogP contribution < -0.4 is 15.0 Å². The third-order valence-electron chi connectivity index (χ3n) is 8.23. The Balaban J connectivity index is 1.31. The number of rotatable bonds is 10. The third kappa shape index (κ3) is 5.18. The molecular formula is C27H36F2N4O4. The van der Waals surface area contributed by atoms with Gasteiger partial charge in [-0.15, -0.1) is 0 Å². The van der Waals surface area contributed by atoms with Gasteiger partial charge in [-0.25, -0.2) is 8.78 Å². The predicted octanol–water partition coefficient (Wildman–Crippen LogP) is 4.84. The van der Waals surface area contributed by atoms with E-state index in [0.29, 0.717) is 43.2 Å². The first-order valence-electron chi connectivity index (χ1n) is 13.2. The minimum atomic E-state index is -0.836. The summed E-state index contributed by atoms with van der Waals surface area (Å²) in [5, 5.41) is 2.58. The summed E-state index contributed by atoms with van der Waals surface area (Å²) < 4.78 is 47.0. The Hall–Kier alpha value is -2.72. The average molecular weight is 519 g/mol. The number of carbonyl (C=O) groups is 1. The number of fused-ring (bicyclic) bond motifs is 2. The maximum absolute atomic E-state index is 14.9. The Bertz CT molecular complexity index is 1100. The van der Waals surface area contributed by atoms with Gasteiger partial charge in [0, 0.05) is 24.9 Å². The molecule has 4 fully saturated rings. The highest BCUT2D eigenvalue weighted by molar-refractivity contribution is 6.03. The van der Waals surface area contributed by atoms with E-state index >= 15 is 0 Å². The van der Waals surface area contributed by atoms with E-state index in [4.69, 9.17) is 13.9 Å². The van der Waals surface area contributed by atoms with Crippen molar-refractivity contribution in [1.82, 2.24) is 9.88 Å². The van der Waals surface area contributed by atoms with E-state index in [0.717, 1.165) is 37.9 Å². The van der Waals surface area contributed by atoms with Gasteiger partial charge in [-0.05, 0) is 57.5 Å². The maximum Gasteiger partial charge on any atom is 0.298 e. The van der Waals surface area contributed by atoms with Gasteiger partial charge in [-0.3, -0.25) is 9.69 Å². The lowest BCUT2D eigenvalue weighted by Crippen LogP contribution is -2.62. The van der Waals surface area contributed by atoms with Crippen molar-refractivity contribution >= 4 is 17.6 Å². The molecule has 1 amide bonds. The van der Waals surface area contributed by atoms with Crippen LogP contribution in [0.5, 0.6) is 5.75 Å². The van der Waals surface area contributed by atoms with Crippen LogP contribution in [0.4, 0.5) is 20.5 Å². The molecule has 0 radical (unpaired) electrons. The number of oxazole rings is 1. The molecule has 0 unspecified atom stereocenters. The zero-order chi connectivity index (χ0) is 26.3. The summed E-state index contributed by atoms with van der Waals surface area (Å²) in [6.07, 6.45) is 4.73. The highest BCUT2D eigenvalue weighted by atomic mass is 19.1. The Morgan fingerprint density at radius 3 is 2.41 bits per heavy atom. The molecule has 2 aromatic rings. The maximum atomic E-state index is 14.9. The summed E-state index contributed by atoms with van der Waals surface area (Å²) >= 11 is 0. The molecule has 10 heteroatoms. The third-order valence-corrected chi connectivity index (χ3v) is 8.23. The van der Waals surface area contributed by atoms with Gasteiger partial charge in [0.2, 0.25) is 0 Å². The van der Waals surface area contributed by atoms with E-state index in [-0.39, 0.29) is 28.8 Å². The monoisotopic (exact) mass is 518 g/mol. The van der Waals surface area contributed by atoms with Crippen LogP contribution >= 0.6 is 0 Å². The summed E-state index contributed by atoms with van der Waals surface area (Å²) in [6, 6.07) is 2.50. The Morgan fingerprint density at radius 1 is 1.19 bits per heavy atom. The number of amides is 1. The predicted molar refractivity (Wildman–Crippen MR) is 135 cm³/mol. The number of hydrogen-bond donors (Lipinski definition) is 1. The van der Waals surface area contributed by atoms with Crippen molar-refractivity contribution in [3.8, 4) is 5.75 Å². The highest BCUT2D eigenvalue weighted by Gasteiger charge is 2.44. The topological polar surface area (TPSA) is 80.1 Å². The normalized spacial score (nSPS) is 24.0. The van der Waals surface area contributed by atoms with Crippen molar-refractivity contribution in [1.29, 1.82) is 0 Å². The van der Waals surface area contributed by atoms with Crippen LogP contribution in [0.25, 0.3) is 0 Å².